The van der Waals surface area contributed by atoms with Crippen LogP contribution in [0.15, 0.2) is 65.2 Å². The van der Waals surface area contributed by atoms with E-state index in [0.29, 0.717) is 22.6 Å². The molecule has 0 saturated carbocycles. The number of rotatable bonds is 3. The Morgan fingerprint density at radius 3 is 2.13 bits per heavy atom. The van der Waals surface area contributed by atoms with Crippen LogP contribution >= 0.6 is 0 Å². The predicted octanol–water partition coefficient (Wildman–Crippen LogP) is 3.14. The molecule has 4 rings (SSSR count). The van der Waals surface area contributed by atoms with Crippen LogP contribution in [-0.4, -0.2) is 21.9 Å². The van der Waals surface area contributed by atoms with E-state index in [0.717, 1.165) is 5.56 Å². The van der Waals surface area contributed by atoms with Gasteiger partial charge in [0, 0.05) is 11.6 Å². The number of fused-ring (bicyclic) bond motifs is 1. The maximum atomic E-state index is 12.3. The fourth-order valence-electron chi connectivity index (χ4n) is 2.67. The first-order valence-corrected chi connectivity index (χ1v) is 7.20. The Hall–Kier alpha value is -3.21. The van der Waals surface area contributed by atoms with Crippen molar-refractivity contribution in [1.82, 2.24) is 10.1 Å². The van der Waals surface area contributed by atoms with Crippen molar-refractivity contribution in [2.45, 2.75) is 6.54 Å². The highest BCUT2D eigenvalue weighted by Crippen LogP contribution is 2.25. The summed E-state index contributed by atoms with van der Waals surface area (Å²) >= 11 is 0. The van der Waals surface area contributed by atoms with E-state index in [9.17, 15) is 9.59 Å². The summed E-state index contributed by atoms with van der Waals surface area (Å²) in [6, 6.07) is 18.1. The van der Waals surface area contributed by atoms with Gasteiger partial charge in [-0.1, -0.05) is 47.6 Å². The molecule has 0 aliphatic carbocycles. The molecule has 2 amide bonds. The fourth-order valence-corrected chi connectivity index (χ4v) is 2.67. The van der Waals surface area contributed by atoms with Crippen molar-refractivity contribution in [3.05, 3.63) is 77.5 Å². The molecule has 1 aliphatic heterocycles. The number of hydrogen-bond donors (Lipinski definition) is 0. The first-order chi connectivity index (χ1) is 11.2. The molecule has 5 nitrogen and oxygen atoms in total. The van der Waals surface area contributed by atoms with Gasteiger partial charge in [0.25, 0.3) is 11.8 Å². The van der Waals surface area contributed by atoms with E-state index >= 15 is 0 Å². The van der Waals surface area contributed by atoms with Crippen LogP contribution < -0.4 is 0 Å². The van der Waals surface area contributed by atoms with Gasteiger partial charge in [0.1, 0.15) is 5.69 Å². The lowest BCUT2D eigenvalue weighted by molar-refractivity contribution is 0.0639. The number of carbonyl (C=O) groups excluding carboxylic acids is 2. The zero-order valence-corrected chi connectivity index (χ0v) is 12.1. The molecule has 0 N–H and O–H groups in total. The van der Waals surface area contributed by atoms with Gasteiger partial charge in [-0.25, -0.2) is 0 Å². The van der Waals surface area contributed by atoms with Gasteiger partial charge in [0.2, 0.25) is 0 Å². The third-order valence-electron chi connectivity index (χ3n) is 3.82. The van der Waals surface area contributed by atoms with Crippen molar-refractivity contribution in [2.75, 3.05) is 0 Å². The lowest BCUT2D eigenvalue weighted by atomic mass is 10.1. The highest BCUT2D eigenvalue weighted by Gasteiger charge is 2.35. The topological polar surface area (TPSA) is 63.4 Å². The second-order valence-corrected chi connectivity index (χ2v) is 5.29. The van der Waals surface area contributed by atoms with Gasteiger partial charge in [0.15, 0.2) is 5.76 Å². The molecule has 0 spiro atoms. The average molecular weight is 304 g/mol. The molecule has 1 aromatic heterocycles. The van der Waals surface area contributed by atoms with Crippen LogP contribution in [0.3, 0.4) is 0 Å². The van der Waals surface area contributed by atoms with Gasteiger partial charge in [0.05, 0.1) is 17.7 Å². The number of nitrogens with zero attached hydrogens (tertiary/aromatic N) is 2. The third-order valence-corrected chi connectivity index (χ3v) is 3.82. The summed E-state index contributed by atoms with van der Waals surface area (Å²) in [7, 11) is 0. The highest BCUT2D eigenvalue weighted by atomic mass is 16.5. The molecular weight excluding hydrogens is 292 g/mol. The Balaban J connectivity index is 1.60. The van der Waals surface area contributed by atoms with E-state index < -0.39 is 0 Å². The molecule has 112 valence electrons. The Morgan fingerprint density at radius 1 is 0.870 bits per heavy atom. The van der Waals surface area contributed by atoms with Crippen molar-refractivity contribution >= 4 is 11.8 Å². The molecule has 23 heavy (non-hydrogen) atoms. The molecule has 0 atom stereocenters. The molecule has 1 aliphatic rings. The molecule has 2 heterocycles. The summed E-state index contributed by atoms with van der Waals surface area (Å²) in [5, 5.41) is 3.97. The molecule has 0 saturated heterocycles. The second-order valence-electron chi connectivity index (χ2n) is 5.29. The number of imide groups is 1. The SMILES string of the molecule is O=C1c2ccccc2C(=O)N1Cc1cc(-c2ccccc2)on1. The summed E-state index contributed by atoms with van der Waals surface area (Å²) < 4.78 is 5.31. The smallest absolute Gasteiger partial charge is 0.261 e. The fraction of sp³-hybridized carbons (Fsp3) is 0.0556. The zero-order valence-electron chi connectivity index (χ0n) is 12.1. The number of hydrogen-bond acceptors (Lipinski definition) is 4. The molecule has 5 heteroatoms. The Kier molecular flexibility index (Phi) is 3.05. The van der Waals surface area contributed by atoms with Crippen LogP contribution in [-0.2, 0) is 6.54 Å². The van der Waals surface area contributed by atoms with Crippen molar-refractivity contribution < 1.29 is 14.1 Å². The van der Waals surface area contributed by atoms with Gasteiger partial charge in [-0.05, 0) is 12.1 Å². The van der Waals surface area contributed by atoms with E-state index in [1.807, 2.05) is 30.3 Å². The van der Waals surface area contributed by atoms with Gasteiger partial charge >= 0.3 is 0 Å². The largest absolute Gasteiger partial charge is 0.356 e. The molecule has 2 aromatic carbocycles. The van der Waals surface area contributed by atoms with Crippen LogP contribution in [0.2, 0.25) is 0 Å². The van der Waals surface area contributed by atoms with Crippen LogP contribution in [0.25, 0.3) is 11.3 Å². The normalized spacial score (nSPS) is 13.5. The van der Waals surface area contributed by atoms with Gasteiger partial charge < -0.3 is 4.52 Å². The summed E-state index contributed by atoms with van der Waals surface area (Å²) in [5.74, 6) is 0.0157. The number of benzene rings is 2. The van der Waals surface area contributed by atoms with Crippen molar-refractivity contribution in [3.8, 4) is 11.3 Å². The molecule has 0 unspecified atom stereocenters. The summed E-state index contributed by atoms with van der Waals surface area (Å²) in [6.45, 7) is 0.0999. The van der Waals surface area contributed by atoms with Crippen LogP contribution in [0.5, 0.6) is 0 Å². The summed E-state index contributed by atoms with van der Waals surface area (Å²) in [6.07, 6.45) is 0. The lowest BCUT2D eigenvalue weighted by Crippen LogP contribution is -2.29. The van der Waals surface area contributed by atoms with Crippen molar-refractivity contribution in [3.63, 3.8) is 0 Å². The molecule has 0 fully saturated rings. The van der Waals surface area contributed by atoms with Crippen molar-refractivity contribution in [2.24, 2.45) is 0 Å². The minimum absolute atomic E-state index is 0.0999. The van der Waals surface area contributed by atoms with Crippen LogP contribution in [0.4, 0.5) is 0 Å². The first-order valence-electron chi connectivity index (χ1n) is 7.20. The Morgan fingerprint density at radius 2 is 1.48 bits per heavy atom. The second kappa shape index (κ2) is 5.21. The van der Waals surface area contributed by atoms with Crippen molar-refractivity contribution in [1.29, 1.82) is 0 Å². The molecule has 0 bridgehead atoms. The Labute approximate surface area is 132 Å². The standard InChI is InChI=1S/C18H12N2O3/c21-17-14-8-4-5-9-15(14)18(22)20(17)11-13-10-16(23-19-13)12-6-2-1-3-7-12/h1-10H,11H2. The minimum atomic E-state index is -0.296. The lowest BCUT2D eigenvalue weighted by Gasteiger charge is -2.10. The van der Waals surface area contributed by atoms with E-state index in [1.54, 1.807) is 30.3 Å². The molecule has 3 aromatic rings. The number of amides is 2. The van der Waals surface area contributed by atoms with Gasteiger partial charge in [-0.3, -0.25) is 14.5 Å². The van der Waals surface area contributed by atoms with Gasteiger partial charge in [-0.15, -0.1) is 0 Å². The van der Waals surface area contributed by atoms with E-state index in [4.69, 9.17) is 4.52 Å². The first kappa shape index (κ1) is 13.5. The maximum absolute atomic E-state index is 12.3. The quantitative estimate of drug-likeness (QED) is 0.697. The van der Waals surface area contributed by atoms with Crippen LogP contribution in [0.1, 0.15) is 26.4 Å². The average Bonchev–Trinajstić information content (AvgIpc) is 3.16. The molecule has 0 radical (unpaired) electrons. The summed E-state index contributed by atoms with van der Waals surface area (Å²) in [4.78, 5) is 25.9. The minimum Gasteiger partial charge on any atom is -0.356 e. The third kappa shape index (κ3) is 2.23. The van der Waals surface area contributed by atoms with E-state index in [-0.39, 0.29) is 18.4 Å². The Bertz CT molecular complexity index is 864. The van der Waals surface area contributed by atoms with Gasteiger partial charge in [-0.2, -0.15) is 0 Å². The highest BCUT2D eigenvalue weighted by molar-refractivity contribution is 6.21. The zero-order chi connectivity index (χ0) is 15.8. The monoisotopic (exact) mass is 304 g/mol. The predicted molar refractivity (Wildman–Crippen MR) is 82.6 cm³/mol. The maximum Gasteiger partial charge on any atom is 0.261 e. The number of carbonyl (C=O) groups is 2. The molecular formula is C18H12N2O3. The number of aromatic nitrogens is 1. The summed E-state index contributed by atoms with van der Waals surface area (Å²) in [5.41, 5.74) is 2.31. The van der Waals surface area contributed by atoms with E-state index in [2.05, 4.69) is 5.16 Å². The van der Waals surface area contributed by atoms with Crippen LogP contribution in [0, 0.1) is 0 Å². The van der Waals surface area contributed by atoms with E-state index in [1.165, 1.54) is 4.90 Å².